The molecule has 6 heteroatoms. The summed E-state index contributed by atoms with van der Waals surface area (Å²) in [5, 5.41) is 1.98. The quantitative estimate of drug-likeness (QED) is 0.215. The lowest BCUT2D eigenvalue weighted by molar-refractivity contribution is 0.669. The van der Waals surface area contributed by atoms with Crippen LogP contribution in [0.2, 0.25) is 0 Å². The fourth-order valence-electron chi connectivity index (χ4n) is 6.03. The van der Waals surface area contributed by atoms with Gasteiger partial charge < -0.3 is 9.40 Å². The van der Waals surface area contributed by atoms with Crippen molar-refractivity contribution in [2.24, 2.45) is 0 Å². The number of benzene rings is 6. The van der Waals surface area contributed by atoms with E-state index in [9.17, 15) is 0 Å². The third-order valence-corrected chi connectivity index (χ3v) is 8.32. The fourth-order valence-corrected chi connectivity index (χ4v) is 6.03. The largest absolute Gasteiger partial charge is 0.456 e. The van der Waals surface area contributed by atoms with Crippen LogP contribution in [0.4, 0.5) is 0 Å². The molecule has 1 N–H and O–H groups in total. The van der Waals surface area contributed by atoms with E-state index in [2.05, 4.69) is 47.4 Å². The van der Waals surface area contributed by atoms with Gasteiger partial charge in [-0.05, 0) is 41.5 Å². The van der Waals surface area contributed by atoms with Gasteiger partial charge in [0.25, 0.3) is 0 Å². The van der Waals surface area contributed by atoms with Gasteiger partial charge in [-0.1, -0.05) is 115 Å². The van der Waals surface area contributed by atoms with Crippen molar-refractivity contribution in [2.75, 3.05) is 0 Å². The van der Waals surface area contributed by atoms with Crippen LogP contribution in [0, 0.1) is 0 Å². The SMILES string of the molecule is c1ccc(-c2nc(-c3ccccc3)nc(-c3cccc4oc5ccc(-c6ccc(-c7nc8ccccc8[nH]7)cc6)cc5c34)n2)cc1. The predicted octanol–water partition coefficient (Wildman–Crippen LogP) is 9.98. The summed E-state index contributed by atoms with van der Waals surface area (Å²) in [6.07, 6.45) is 0. The van der Waals surface area contributed by atoms with Crippen LogP contribution < -0.4 is 0 Å². The molecule has 3 aromatic heterocycles. The van der Waals surface area contributed by atoms with Crippen LogP contribution in [0.15, 0.2) is 150 Å². The van der Waals surface area contributed by atoms with Gasteiger partial charge in [-0.2, -0.15) is 0 Å². The number of fused-ring (bicyclic) bond motifs is 4. The highest BCUT2D eigenvalue weighted by molar-refractivity contribution is 6.12. The summed E-state index contributed by atoms with van der Waals surface area (Å²) in [4.78, 5) is 23.0. The van der Waals surface area contributed by atoms with Gasteiger partial charge in [-0.25, -0.2) is 19.9 Å². The molecular formula is C40H25N5O. The third-order valence-electron chi connectivity index (χ3n) is 8.32. The molecule has 9 aromatic rings. The number of nitrogens with one attached hydrogen (secondary N) is 1. The van der Waals surface area contributed by atoms with E-state index in [1.54, 1.807) is 0 Å². The lowest BCUT2D eigenvalue weighted by Crippen LogP contribution is -2.00. The normalized spacial score (nSPS) is 11.5. The van der Waals surface area contributed by atoms with Gasteiger partial charge >= 0.3 is 0 Å². The Balaban J connectivity index is 1.17. The van der Waals surface area contributed by atoms with E-state index >= 15 is 0 Å². The Hall–Kier alpha value is -6.40. The third kappa shape index (κ3) is 4.52. The van der Waals surface area contributed by atoms with Crippen LogP contribution in [0.5, 0.6) is 0 Å². The molecule has 0 saturated heterocycles. The van der Waals surface area contributed by atoms with E-state index in [1.165, 1.54) is 0 Å². The molecular weight excluding hydrogens is 566 g/mol. The second-order valence-electron chi connectivity index (χ2n) is 11.2. The number of H-pyrrole nitrogens is 1. The average Bonchev–Trinajstić information content (AvgIpc) is 3.74. The topological polar surface area (TPSA) is 80.5 Å². The lowest BCUT2D eigenvalue weighted by Gasteiger charge is -2.09. The number of para-hydroxylation sites is 2. The van der Waals surface area contributed by atoms with Crippen LogP contribution in [-0.2, 0) is 0 Å². The summed E-state index contributed by atoms with van der Waals surface area (Å²) < 4.78 is 6.36. The molecule has 0 saturated carbocycles. The Labute approximate surface area is 264 Å². The molecule has 0 radical (unpaired) electrons. The van der Waals surface area contributed by atoms with Gasteiger partial charge in [0, 0.05) is 33.0 Å². The van der Waals surface area contributed by atoms with Gasteiger partial charge in [0.15, 0.2) is 17.5 Å². The molecule has 0 aliphatic rings. The molecule has 0 fully saturated rings. The van der Waals surface area contributed by atoms with E-state index < -0.39 is 0 Å². The lowest BCUT2D eigenvalue weighted by atomic mass is 9.99. The molecule has 9 rings (SSSR count). The van der Waals surface area contributed by atoms with Gasteiger partial charge in [0.1, 0.15) is 17.0 Å². The molecule has 0 aliphatic heterocycles. The van der Waals surface area contributed by atoms with Crippen LogP contribution in [0.25, 0.3) is 89.7 Å². The molecule has 0 unspecified atom stereocenters. The highest BCUT2D eigenvalue weighted by atomic mass is 16.3. The van der Waals surface area contributed by atoms with Crippen molar-refractivity contribution in [3.05, 3.63) is 146 Å². The monoisotopic (exact) mass is 591 g/mol. The standard InChI is InChI=1S/C40H25N5O/c1-3-10-26(11-4-1)38-43-39(27-12-5-2-6-13-27)45-40(44-38)30-14-9-17-35-36(30)31-24-29(22-23-34(31)46-35)25-18-20-28(21-19-25)37-41-32-15-7-8-16-33(32)42-37/h1-24H,(H,41,42). The van der Waals surface area contributed by atoms with Crippen molar-refractivity contribution < 1.29 is 4.42 Å². The van der Waals surface area contributed by atoms with Crippen LogP contribution >= 0.6 is 0 Å². The number of imidazole rings is 1. The summed E-state index contributed by atoms with van der Waals surface area (Å²) in [5.74, 6) is 2.70. The number of hydrogen-bond donors (Lipinski definition) is 1. The minimum absolute atomic E-state index is 0.599. The summed E-state index contributed by atoms with van der Waals surface area (Å²) in [6, 6.07) is 49.0. The first kappa shape index (κ1) is 26.0. The van der Waals surface area contributed by atoms with Crippen molar-refractivity contribution in [3.8, 4) is 56.7 Å². The van der Waals surface area contributed by atoms with Crippen molar-refractivity contribution in [1.29, 1.82) is 0 Å². The van der Waals surface area contributed by atoms with Crippen molar-refractivity contribution in [3.63, 3.8) is 0 Å². The maximum atomic E-state index is 6.36. The second kappa shape index (κ2) is 10.6. The molecule has 6 aromatic carbocycles. The molecule has 0 aliphatic carbocycles. The van der Waals surface area contributed by atoms with Gasteiger partial charge in [-0.3, -0.25) is 0 Å². The van der Waals surface area contributed by atoms with E-state index in [4.69, 9.17) is 24.4 Å². The number of rotatable bonds is 5. The van der Waals surface area contributed by atoms with Gasteiger partial charge in [0.2, 0.25) is 0 Å². The summed E-state index contributed by atoms with van der Waals surface area (Å²) in [6.45, 7) is 0. The number of nitrogens with zero attached hydrogens (tertiary/aromatic N) is 4. The van der Waals surface area contributed by atoms with Crippen molar-refractivity contribution in [1.82, 2.24) is 24.9 Å². The average molecular weight is 592 g/mol. The maximum absolute atomic E-state index is 6.36. The smallest absolute Gasteiger partial charge is 0.164 e. The first-order valence-electron chi connectivity index (χ1n) is 15.1. The van der Waals surface area contributed by atoms with Crippen LogP contribution in [-0.4, -0.2) is 24.9 Å². The van der Waals surface area contributed by atoms with E-state index in [1.807, 2.05) is 103 Å². The van der Waals surface area contributed by atoms with E-state index in [-0.39, 0.29) is 0 Å². The fraction of sp³-hybridized carbons (Fsp3) is 0. The molecule has 0 atom stereocenters. The highest BCUT2D eigenvalue weighted by Gasteiger charge is 2.18. The molecule has 6 nitrogen and oxygen atoms in total. The van der Waals surface area contributed by atoms with Gasteiger partial charge in [-0.15, -0.1) is 0 Å². The molecule has 3 heterocycles. The minimum Gasteiger partial charge on any atom is -0.456 e. The molecule has 0 amide bonds. The number of furan rings is 1. The van der Waals surface area contributed by atoms with Crippen LogP contribution in [0.3, 0.4) is 0 Å². The molecule has 216 valence electrons. The van der Waals surface area contributed by atoms with E-state index in [0.29, 0.717) is 17.5 Å². The Kier molecular flexibility index (Phi) is 6.03. The maximum Gasteiger partial charge on any atom is 0.164 e. The zero-order chi connectivity index (χ0) is 30.5. The number of hydrogen-bond acceptors (Lipinski definition) is 5. The molecule has 46 heavy (non-hydrogen) atoms. The zero-order valence-electron chi connectivity index (χ0n) is 24.6. The Bertz CT molecular complexity index is 2430. The first-order chi connectivity index (χ1) is 22.8. The van der Waals surface area contributed by atoms with Crippen molar-refractivity contribution >= 4 is 33.0 Å². The molecule has 0 spiro atoms. The zero-order valence-corrected chi connectivity index (χ0v) is 24.6. The Morgan fingerprint density at radius 2 is 1.07 bits per heavy atom. The summed E-state index contributed by atoms with van der Waals surface area (Å²) in [7, 11) is 0. The Morgan fingerprint density at radius 3 is 1.78 bits per heavy atom. The molecule has 0 bridgehead atoms. The van der Waals surface area contributed by atoms with Gasteiger partial charge in [0.05, 0.1) is 11.0 Å². The first-order valence-corrected chi connectivity index (χ1v) is 15.1. The van der Waals surface area contributed by atoms with Crippen LogP contribution in [0.1, 0.15) is 0 Å². The van der Waals surface area contributed by atoms with E-state index in [0.717, 1.165) is 72.2 Å². The second-order valence-corrected chi connectivity index (χ2v) is 11.2. The number of aromatic amines is 1. The summed E-state index contributed by atoms with van der Waals surface area (Å²) >= 11 is 0. The Morgan fingerprint density at radius 1 is 0.435 bits per heavy atom. The summed E-state index contributed by atoms with van der Waals surface area (Å²) in [5.41, 5.74) is 9.57. The highest BCUT2D eigenvalue weighted by Crippen LogP contribution is 2.38. The minimum atomic E-state index is 0.599. The predicted molar refractivity (Wildman–Crippen MR) is 184 cm³/mol. The van der Waals surface area contributed by atoms with Crippen molar-refractivity contribution in [2.45, 2.75) is 0 Å². The number of aromatic nitrogens is 5.